The molecule has 0 N–H and O–H groups in total. The van der Waals surface area contributed by atoms with E-state index in [4.69, 9.17) is 0 Å². The summed E-state index contributed by atoms with van der Waals surface area (Å²) in [5.41, 5.74) is 1.09. The van der Waals surface area contributed by atoms with Gasteiger partial charge in [0.15, 0.2) is 0 Å². The van der Waals surface area contributed by atoms with Crippen molar-refractivity contribution in [3.05, 3.63) is 0 Å². The van der Waals surface area contributed by atoms with Crippen molar-refractivity contribution < 1.29 is 0 Å². The van der Waals surface area contributed by atoms with Crippen molar-refractivity contribution in [1.82, 2.24) is 4.90 Å². The van der Waals surface area contributed by atoms with Gasteiger partial charge in [-0.1, -0.05) is 55.4 Å². The molecule has 1 fully saturated rings. The van der Waals surface area contributed by atoms with Gasteiger partial charge in [-0.3, -0.25) is 4.90 Å². The first-order valence-electron chi connectivity index (χ1n) is 8.14. The summed E-state index contributed by atoms with van der Waals surface area (Å²) in [5, 5.41) is 0. The molecule has 1 aliphatic heterocycles. The molecule has 0 aromatic heterocycles. The number of rotatable bonds is 0. The van der Waals surface area contributed by atoms with Gasteiger partial charge in [-0.2, -0.15) is 0 Å². The van der Waals surface area contributed by atoms with Gasteiger partial charge in [0.05, 0.1) is 0 Å². The molecule has 120 valence electrons. The van der Waals surface area contributed by atoms with E-state index >= 15 is 0 Å². The van der Waals surface area contributed by atoms with E-state index in [0.717, 1.165) is 0 Å². The third kappa shape index (κ3) is 1.59. The fraction of sp³-hybridized carbons (Fsp3) is 1.00. The van der Waals surface area contributed by atoms with Crippen LogP contribution in [0.2, 0.25) is 0 Å². The monoisotopic (exact) mass is 281 g/mol. The summed E-state index contributed by atoms with van der Waals surface area (Å²) >= 11 is 0. The summed E-state index contributed by atoms with van der Waals surface area (Å²) in [6.07, 6.45) is 0. The van der Waals surface area contributed by atoms with Gasteiger partial charge in [-0.15, -0.1) is 0 Å². The topological polar surface area (TPSA) is 3.24 Å². The molecular weight excluding hydrogens is 242 g/mol. The minimum absolute atomic E-state index is 0.130. The number of nitrogens with zero attached hydrogens (tertiary/aromatic N) is 1. The van der Waals surface area contributed by atoms with Crippen molar-refractivity contribution in [2.45, 2.75) is 94.2 Å². The van der Waals surface area contributed by atoms with Crippen LogP contribution in [0.4, 0.5) is 0 Å². The summed E-state index contributed by atoms with van der Waals surface area (Å²) in [7, 11) is 2.32. The van der Waals surface area contributed by atoms with E-state index < -0.39 is 0 Å². The zero-order valence-electron chi connectivity index (χ0n) is 16.4. The molecule has 0 unspecified atom stereocenters. The quantitative estimate of drug-likeness (QED) is 0.559. The second-order valence-corrected chi connectivity index (χ2v) is 10.2. The van der Waals surface area contributed by atoms with E-state index in [1.54, 1.807) is 0 Å². The molecule has 1 heterocycles. The number of hydrogen-bond donors (Lipinski definition) is 0. The van der Waals surface area contributed by atoms with Crippen molar-refractivity contribution in [3.63, 3.8) is 0 Å². The lowest BCUT2D eigenvalue weighted by Crippen LogP contribution is -2.62. The second-order valence-electron chi connectivity index (χ2n) is 10.2. The first kappa shape index (κ1) is 18.0. The normalized spacial score (nSPS) is 33.5. The Morgan fingerprint density at radius 2 is 0.600 bits per heavy atom. The molecule has 0 saturated carbocycles. The number of likely N-dealkylation sites (tertiary alicyclic amines) is 1. The molecule has 0 aromatic rings. The van der Waals surface area contributed by atoms with Crippen molar-refractivity contribution >= 4 is 0 Å². The number of hydrogen-bond acceptors (Lipinski definition) is 1. The smallest absolute Gasteiger partial charge is 0.0211 e. The third-order valence-corrected chi connectivity index (χ3v) is 9.42. The van der Waals surface area contributed by atoms with Crippen LogP contribution in [0.25, 0.3) is 0 Å². The Morgan fingerprint density at radius 3 is 0.800 bits per heavy atom. The minimum atomic E-state index is 0.130. The van der Waals surface area contributed by atoms with Crippen molar-refractivity contribution in [1.29, 1.82) is 0 Å². The third-order valence-electron chi connectivity index (χ3n) is 9.42. The van der Waals surface area contributed by atoms with Crippen molar-refractivity contribution in [2.75, 3.05) is 7.05 Å². The van der Waals surface area contributed by atoms with Gasteiger partial charge < -0.3 is 0 Å². The molecule has 1 heteroatoms. The zero-order chi connectivity index (χ0) is 16.6. The SMILES string of the molecule is CN1C(C)(C)C(C)(C)C(C)(C)C(C)(C)C(C)(C)C1(C)C. The zero-order valence-corrected chi connectivity index (χ0v) is 16.4. The molecule has 20 heavy (non-hydrogen) atoms. The van der Waals surface area contributed by atoms with Crippen LogP contribution in [0.3, 0.4) is 0 Å². The maximum Gasteiger partial charge on any atom is 0.0211 e. The van der Waals surface area contributed by atoms with E-state index in [2.05, 4.69) is 95.0 Å². The van der Waals surface area contributed by atoms with Gasteiger partial charge in [0.25, 0.3) is 0 Å². The predicted molar refractivity (Wildman–Crippen MR) is 91.0 cm³/mol. The maximum atomic E-state index is 2.64. The van der Waals surface area contributed by atoms with Crippen LogP contribution in [0.15, 0.2) is 0 Å². The molecule has 1 nitrogen and oxygen atoms in total. The van der Waals surface area contributed by atoms with Crippen LogP contribution in [0.1, 0.15) is 83.1 Å². The lowest BCUT2D eigenvalue weighted by atomic mass is 9.43. The molecule has 0 radical (unpaired) electrons. The van der Waals surface area contributed by atoms with E-state index in [1.807, 2.05) is 0 Å². The standard InChI is InChI=1S/C19H39N/c1-14(2)15(3,4)17(7,8)19(11,12)20(13)18(9,10)16(14,5)6/h1-13H3. The maximum absolute atomic E-state index is 2.64. The molecule has 0 bridgehead atoms. The van der Waals surface area contributed by atoms with Gasteiger partial charge in [-0.25, -0.2) is 0 Å². The van der Waals surface area contributed by atoms with Crippen molar-refractivity contribution in [3.8, 4) is 0 Å². The molecule has 1 saturated heterocycles. The lowest BCUT2D eigenvalue weighted by molar-refractivity contribution is -0.106. The molecule has 0 atom stereocenters. The fourth-order valence-corrected chi connectivity index (χ4v) is 4.63. The Balaban J connectivity index is 3.83. The van der Waals surface area contributed by atoms with Gasteiger partial charge >= 0.3 is 0 Å². The fourth-order valence-electron chi connectivity index (χ4n) is 4.63. The lowest BCUT2D eigenvalue weighted by Gasteiger charge is -2.60. The van der Waals surface area contributed by atoms with E-state index in [0.29, 0.717) is 0 Å². The van der Waals surface area contributed by atoms with Crippen LogP contribution in [0, 0.1) is 21.7 Å². The first-order chi connectivity index (χ1) is 8.40. The summed E-state index contributed by atoms with van der Waals surface area (Å²) in [4.78, 5) is 2.64. The van der Waals surface area contributed by atoms with E-state index in [-0.39, 0.29) is 32.7 Å². The average Bonchev–Trinajstić information content (AvgIpc) is 2.25. The summed E-state index contributed by atoms with van der Waals surface area (Å²) in [6.45, 7) is 29.5. The molecule has 0 aromatic carbocycles. The van der Waals surface area contributed by atoms with E-state index in [9.17, 15) is 0 Å². The highest BCUT2D eigenvalue weighted by Gasteiger charge is 2.67. The Kier molecular flexibility index (Phi) is 3.63. The minimum Gasteiger partial charge on any atom is -0.295 e. The van der Waals surface area contributed by atoms with Gasteiger partial charge in [0.1, 0.15) is 0 Å². The summed E-state index contributed by atoms with van der Waals surface area (Å²) < 4.78 is 0. The molecule has 1 aliphatic rings. The molecule has 0 amide bonds. The van der Waals surface area contributed by atoms with Crippen LogP contribution in [-0.4, -0.2) is 23.0 Å². The Labute approximate surface area is 128 Å². The highest BCUT2D eigenvalue weighted by atomic mass is 15.3. The van der Waals surface area contributed by atoms with Crippen LogP contribution in [0.5, 0.6) is 0 Å². The second kappa shape index (κ2) is 4.03. The summed E-state index contributed by atoms with van der Waals surface area (Å²) in [5.74, 6) is 0. The van der Waals surface area contributed by atoms with Gasteiger partial charge in [0.2, 0.25) is 0 Å². The Hall–Kier alpha value is -0.0400. The average molecular weight is 282 g/mol. The van der Waals surface area contributed by atoms with Crippen LogP contribution < -0.4 is 0 Å². The van der Waals surface area contributed by atoms with Crippen molar-refractivity contribution in [2.24, 2.45) is 21.7 Å². The predicted octanol–water partition coefficient (Wildman–Crippen LogP) is 5.59. The van der Waals surface area contributed by atoms with E-state index in [1.165, 1.54) is 0 Å². The molecule has 0 aliphatic carbocycles. The first-order valence-corrected chi connectivity index (χ1v) is 8.14. The van der Waals surface area contributed by atoms with Gasteiger partial charge in [0, 0.05) is 11.1 Å². The highest BCUT2D eigenvalue weighted by Crippen LogP contribution is 2.69. The largest absolute Gasteiger partial charge is 0.295 e. The summed E-state index contributed by atoms with van der Waals surface area (Å²) in [6, 6.07) is 0. The molecular formula is C19H39N. The molecule has 1 rings (SSSR count). The molecule has 0 spiro atoms. The Bertz CT molecular complexity index is 356. The van der Waals surface area contributed by atoms with Crippen LogP contribution in [-0.2, 0) is 0 Å². The Morgan fingerprint density at radius 1 is 0.400 bits per heavy atom. The highest BCUT2D eigenvalue weighted by molar-refractivity contribution is 5.19. The van der Waals surface area contributed by atoms with Crippen LogP contribution >= 0.6 is 0 Å². The van der Waals surface area contributed by atoms with Gasteiger partial charge in [-0.05, 0) is 56.4 Å².